The van der Waals surface area contributed by atoms with E-state index in [0.29, 0.717) is 31.0 Å². The number of amides is 1. The first-order valence-electron chi connectivity index (χ1n) is 7.03. The summed E-state index contributed by atoms with van der Waals surface area (Å²) < 4.78 is 30.0. The van der Waals surface area contributed by atoms with Crippen LogP contribution in [0.15, 0.2) is 36.9 Å². The van der Waals surface area contributed by atoms with Crippen LogP contribution >= 0.6 is 0 Å². The molecule has 0 aromatic heterocycles. The number of fused-ring (bicyclic) bond motifs is 1. The van der Waals surface area contributed by atoms with E-state index in [1.165, 1.54) is 11.4 Å². The number of anilines is 1. The summed E-state index contributed by atoms with van der Waals surface area (Å²) in [6.07, 6.45) is 2.05. The highest BCUT2D eigenvalue weighted by Crippen LogP contribution is 2.57. The maximum absolute atomic E-state index is 12.4. The molecule has 1 heterocycles. The number of hydrogen-bond donors (Lipinski definition) is 1. The van der Waals surface area contributed by atoms with Crippen LogP contribution in [-0.2, 0) is 14.8 Å². The number of ether oxygens (including phenoxy) is 1. The van der Waals surface area contributed by atoms with Crippen molar-refractivity contribution in [2.24, 2.45) is 5.92 Å². The summed E-state index contributed by atoms with van der Waals surface area (Å²) in [6, 6.07) is 6.82. The molecule has 0 spiro atoms. The van der Waals surface area contributed by atoms with Crippen molar-refractivity contribution in [2.45, 2.75) is 11.2 Å². The molecule has 1 amide bonds. The Bertz CT molecular complexity index is 714. The molecule has 2 fully saturated rings. The molecular weight excluding hydrogens is 304 g/mol. The first-order valence-corrected chi connectivity index (χ1v) is 8.47. The molecule has 1 aromatic carbocycles. The van der Waals surface area contributed by atoms with E-state index >= 15 is 0 Å². The van der Waals surface area contributed by atoms with E-state index in [2.05, 4.69) is 11.9 Å². The van der Waals surface area contributed by atoms with Crippen LogP contribution in [0.4, 0.5) is 5.69 Å². The summed E-state index contributed by atoms with van der Waals surface area (Å²) >= 11 is 0. The van der Waals surface area contributed by atoms with Crippen LogP contribution in [0.2, 0.25) is 0 Å². The van der Waals surface area contributed by atoms with E-state index in [1.54, 1.807) is 30.3 Å². The van der Waals surface area contributed by atoms with Crippen molar-refractivity contribution in [2.75, 3.05) is 25.5 Å². The van der Waals surface area contributed by atoms with E-state index in [9.17, 15) is 13.2 Å². The van der Waals surface area contributed by atoms with E-state index in [0.717, 1.165) is 0 Å². The lowest BCUT2D eigenvalue weighted by atomic mass is 10.2. The van der Waals surface area contributed by atoms with Crippen molar-refractivity contribution in [3.8, 4) is 5.75 Å². The van der Waals surface area contributed by atoms with E-state index in [-0.39, 0.29) is 5.92 Å². The summed E-state index contributed by atoms with van der Waals surface area (Å²) in [5, 5.41) is 2.71. The number of hydrogen-bond acceptors (Lipinski definition) is 4. The Kier molecular flexibility index (Phi) is 3.49. The van der Waals surface area contributed by atoms with Gasteiger partial charge in [0.25, 0.3) is 0 Å². The summed E-state index contributed by atoms with van der Waals surface area (Å²) in [6.45, 7) is 4.39. The van der Waals surface area contributed by atoms with Gasteiger partial charge in [-0.15, -0.1) is 0 Å². The van der Waals surface area contributed by atoms with Gasteiger partial charge in [-0.25, -0.2) is 12.7 Å². The highest BCUT2D eigenvalue weighted by molar-refractivity contribution is 7.92. The molecule has 1 aliphatic carbocycles. The number of carbonyl (C=O) groups is 1. The lowest BCUT2D eigenvalue weighted by molar-refractivity contribution is -0.116. The van der Waals surface area contributed by atoms with Gasteiger partial charge in [-0.3, -0.25) is 4.79 Å². The van der Waals surface area contributed by atoms with Crippen LogP contribution < -0.4 is 10.1 Å². The van der Waals surface area contributed by atoms with Crippen molar-refractivity contribution in [1.29, 1.82) is 0 Å². The minimum atomic E-state index is -3.55. The van der Waals surface area contributed by atoms with Crippen LogP contribution in [0.3, 0.4) is 0 Å². The van der Waals surface area contributed by atoms with Crippen molar-refractivity contribution < 1.29 is 17.9 Å². The number of benzene rings is 1. The zero-order valence-electron chi connectivity index (χ0n) is 12.3. The highest BCUT2D eigenvalue weighted by Gasteiger charge is 2.74. The van der Waals surface area contributed by atoms with Gasteiger partial charge >= 0.3 is 0 Å². The average molecular weight is 322 g/mol. The van der Waals surface area contributed by atoms with Gasteiger partial charge in [-0.05, 0) is 30.7 Å². The second-order valence-corrected chi connectivity index (χ2v) is 7.96. The fourth-order valence-corrected chi connectivity index (χ4v) is 5.07. The largest absolute Gasteiger partial charge is 0.490 e. The Labute approximate surface area is 129 Å². The summed E-state index contributed by atoms with van der Waals surface area (Å²) in [4.78, 5) is 12.4. The second-order valence-electron chi connectivity index (χ2n) is 5.65. The fourth-order valence-electron chi connectivity index (χ4n) is 2.94. The zero-order chi connectivity index (χ0) is 16.0. The molecule has 0 radical (unpaired) electrons. The second kappa shape index (κ2) is 5.10. The van der Waals surface area contributed by atoms with Gasteiger partial charge in [-0.2, -0.15) is 0 Å². The monoisotopic (exact) mass is 322 g/mol. The Hall–Kier alpha value is -1.86. The van der Waals surface area contributed by atoms with Crippen LogP contribution in [0.25, 0.3) is 0 Å². The quantitative estimate of drug-likeness (QED) is 0.827. The molecule has 1 aliphatic heterocycles. The molecule has 0 bridgehead atoms. The predicted molar refractivity (Wildman–Crippen MR) is 83.2 cm³/mol. The third-order valence-electron chi connectivity index (χ3n) is 4.26. The van der Waals surface area contributed by atoms with Gasteiger partial charge in [0, 0.05) is 25.2 Å². The molecule has 7 heteroatoms. The van der Waals surface area contributed by atoms with Crippen LogP contribution in [0.1, 0.15) is 6.42 Å². The number of sulfonamides is 1. The van der Waals surface area contributed by atoms with Gasteiger partial charge < -0.3 is 10.1 Å². The number of rotatable bonds is 5. The van der Waals surface area contributed by atoms with Gasteiger partial charge in [0.15, 0.2) is 4.75 Å². The van der Waals surface area contributed by atoms with Gasteiger partial charge in [0.2, 0.25) is 15.9 Å². The maximum Gasteiger partial charge on any atom is 0.247 e. The summed E-state index contributed by atoms with van der Waals surface area (Å²) in [5.74, 6) is 0.118. The molecule has 1 N–H and O–H groups in total. The third-order valence-corrected chi connectivity index (χ3v) is 6.84. The van der Waals surface area contributed by atoms with Gasteiger partial charge in [0.1, 0.15) is 12.4 Å². The highest BCUT2D eigenvalue weighted by atomic mass is 32.2. The van der Waals surface area contributed by atoms with Crippen LogP contribution in [0.5, 0.6) is 5.75 Å². The predicted octanol–water partition coefficient (Wildman–Crippen LogP) is 1.22. The number of nitrogens with zero attached hydrogens (tertiary/aromatic N) is 1. The van der Waals surface area contributed by atoms with Gasteiger partial charge in [-0.1, -0.05) is 12.7 Å². The van der Waals surface area contributed by atoms with Crippen molar-refractivity contribution >= 4 is 21.6 Å². The van der Waals surface area contributed by atoms with E-state index in [4.69, 9.17) is 4.74 Å². The minimum absolute atomic E-state index is 0.0994. The van der Waals surface area contributed by atoms with Gasteiger partial charge in [0.05, 0.1) is 0 Å². The standard InChI is InChI=1S/C15H18N2O4S/c1-3-8-21-13-6-4-12(5-7-13)16-14(18)15-9-11(15)10-17(2)22(15,19)20/h3-7,11H,1,8-10H2,2H3,(H,16,18)/t11-,15-/m1/s1. The van der Waals surface area contributed by atoms with Crippen LogP contribution in [0, 0.1) is 5.92 Å². The minimum Gasteiger partial charge on any atom is -0.490 e. The lowest BCUT2D eigenvalue weighted by Gasteiger charge is -2.17. The first kappa shape index (κ1) is 15.1. The Balaban J connectivity index is 1.72. The molecule has 2 aliphatic rings. The molecule has 1 aromatic rings. The smallest absolute Gasteiger partial charge is 0.247 e. The summed E-state index contributed by atoms with van der Waals surface area (Å²) in [5.41, 5.74) is 0.556. The molecule has 1 saturated heterocycles. The Morgan fingerprint density at radius 1 is 1.50 bits per heavy atom. The maximum atomic E-state index is 12.4. The molecule has 2 atom stereocenters. The first-order chi connectivity index (χ1) is 10.4. The topological polar surface area (TPSA) is 75.7 Å². The third kappa shape index (κ3) is 2.12. The number of carbonyl (C=O) groups excluding carboxylic acids is 1. The lowest BCUT2D eigenvalue weighted by Crippen LogP contribution is -2.40. The molecule has 22 heavy (non-hydrogen) atoms. The zero-order valence-corrected chi connectivity index (χ0v) is 13.1. The SMILES string of the molecule is C=CCOc1ccc(NC(=O)[C@@]23C[C@@H]2CN(C)S3(=O)=O)cc1. The molecule has 118 valence electrons. The van der Waals surface area contributed by atoms with E-state index in [1.807, 2.05) is 0 Å². The van der Waals surface area contributed by atoms with E-state index < -0.39 is 20.7 Å². The molecule has 3 rings (SSSR count). The normalized spacial score (nSPS) is 28.7. The fraction of sp³-hybridized carbons (Fsp3) is 0.400. The Morgan fingerprint density at radius 3 is 2.73 bits per heavy atom. The van der Waals surface area contributed by atoms with Crippen molar-refractivity contribution in [1.82, 2.24) is 4.31 Å². The Morgan fingerprint density at radius 2 is 2.18 bits per heavy atom. The van der Waals surface area contributed by atoms with Crippen molar-refractivity contribution in [3.63, 3.8) is 0 Å². The van der Waals surface area contributed by atoms with Crippen molar-refractivity contribution in [3.05, 3.63) is 36.9 Å². The molecular formula is C15H18N2O4S. The summed E-state index contributed by atoms with van der Waals surface area (Å²) in [7, 11) is -2.03. The number of nitrogens with one attached hydrogen (secondary N) is 1. The molecule has 1 saturated carbocycles. The average Bonchev–Trinajstić information content (AvgIpc) is 3.17. The molecule has 0 unspecified atom stereocenters. The molecule has 6 nitrogen and oxygen atoms in total. The van der Waals surface area contributed by atoms with Crippen LogP contribution in [-0.4, -0.2) is 43.6 Å².